The van der Waals surface area contributed by atoms with Crippen LogP contribution >= 0.6 is 12.2 Å². The minimum Gasteiger partial charge on any atom is -0.494 e. The number of carbonyl (C=O) groups excluding carboxylic acids is 2. The van der Waals surface area contributed by atoms with E-state index in [0.717, 1.165) is 22.4 Å². The normalized spacial score (nSPS) is 15.9. The molecule has 0 atom stereocenters. The van der Waals surface area contributed by atoms with Gasteiger partial charge in [-0.3, -0.25) is 19.8 Å². The molecule has 0 aliphatic carbocycles. The minimum atomic E-state index is -0.500. The van der Waals surface area contributed by atoms with Crippen molar-refractivity contribution in [3.63, 3.8) is 0 Å². The predicted octanol–water partition coefficient (Wildman–Crippen LogP) is 3.53. The van der Waals surface area contributed by atoms with E-state index in [0.29, 0.717) is 12.3 Å². The smallest absolute Gasteiger partial charge is 0.270 e. The topological polar surface area (TPSA) is 58.6 Å². The number of rotatable bonds is 4. The average molecular weight is 380 g/mol. The Morgan fingerprint density at radius 2 is 1.81 bits per heavy atom. The molecule has 1 aliphatic rings. The van der Waals surface area contributed by atoms with E-state index in [1.165, 1.54) is 4.90 Å². The number of hydrogen-bond acceptors (Lipinski definition) is 4. The van der Waals surface area contributed by atoms with Gasteiger partial charge >= 0.3 is 0 Å². The van der Waals surface area contributed by atoms with Gasteiger partial charge < -0.3 is 4.74 Å². The number of benzene rings is 2. The number of hydrogen-bond donors (Lipinski definition) is 1. The van der Waals surface area contributed by atoms with Crippen LogP contribution in [0.3, 0.4) is 0 Å². The van der Waals surface area contributed by atoms with Crippen LogP contribution in [0.15, 0.2) is 48.0 Å². The Morgan fingerprint density at radius 3 is 2.48 bits per heavy atom. The molecule has 0 bridgehead atoms. The highest BCUT2D eigenvalue weighted by Gasteiger charge is 2.35. The summed E-state index contributed by atoms with van der Waals surface area (Å²) in [6.07, 6.45) is 1.56. The van der Waals surface area contributed by atoms with Gasteiger partial charge in [-0.1, -0.05) is 24.3 Å². The van der Waals surface area contributed by atoms with E-state index in [1.807, 2.05) is 39.0 Å². The van der Waals surface area contributed by atoms with E-state index >= 15 is 0 Å². The van der Waals surface area contributed by atoms with Crippen molar-refractivity contribution in [1.82, 2.24) is 5.32 Å². The molecule has 1 saturated heterocycles. The minimum absolute atomic E-state index is 0.0358. The van der Waals surface area contributed by atoms with Crippen molar-refractivity contribution in [3.05, 3.63) is 64.7 Å². The number of aryl methyl sites for hydroxylation is 1. The van der Waals surface area contributed by atoms with Crippen LogP contribution in [-0.2, 0) is 9.59 Å². The van der Waals surface area contributed by atoms with Crippen LogP contribution in [0.5, 0.6) is 5.75 Å². The molecule has 1 fully saturated rings. The van der Waals surface area contributed by atoms with Crippen LogP contribution in [-0.4, -0.2) is 23.5 Å². The summed E-state index contributed by atoms with van der Waals surface area (Å²) in [5, 5.41) is 2.70. The fourth-order valence-corrected chi connectivity index (χ4v) is 3.12. The second-order valence-electron chi connectivity index (χ2n) is 6.18. The first-order valence-electron chi connectivity index (χ1n) is 8.63. The van der Waals surface area contributed by atoms with E-state index in [2.05, 4.69) is 5.32 Å². The van der Waals surface area contributed by atoms with Crippen molar-refractivity contribution in [3.8, 4) is 5.75 Å². The molecule has 2 aromatic rings. The highest BCUT2D eigenvalue weighted by atomic mass is 32.1. The number of amides is 2. The summed E-state index contributed by atoms with van der Waals surface area (Å²) in [7, 11) is 0. The molecule has 3 rings (SSSR count). The summed E-state index contributed by atoms with van der Waals surface area (Å²) in [6, 6.07) is 12.8. The monoisotopic (exact) mass is 380 g/mol. The summed E-state index contributed by atoms with van der Waals surface area (Å²) < 4.78 is 5.41. The summed E-state index contributed by atoms with van der Waals surface area (Å²) in [5.41, 5.74) is 3.41. The van der Waals surface area contributed by atoms with Crippen LogP contribution in [0.1, 0.15) is 23.6 Å². The second kappa shape index (κ2) is 7.72. The quantitative estimate of drug-likeness (QED) is 0.501. The van der Waals surface area contributed by atoms with Gasteiger partial charge in [0.25, 0.3) is 11.8 Å². The van der Waals surface area contributed by atoms with Gasteiger partial charge in [0.1, 0.15) is 11.3 Å². The van der Waals surface area contributed by atoms with Gasteiger partial charge in [-0.2, -0.15) is 0 Å². The van der Waals surface area contributed by atoms with Gasteiger partial charge in [-0.05, 0) is 74.0 Å². The molecule has 138 valence electrons. The Balaban J connectivity index is 1.98. The van der Waals surface area contributed by atoms with Crippen molar-refractivity contribution in [2.75, 3.05) is 11.5 Å². The Morgan fingerprint density at radius 1 is 1.11 bits per heavy atom. The molecule has 5 nitrogen and oxygen atoms in total. The maximum Gasteiger partial charge on any atom is 0.270 e. The maximum atomic E-state index is 13.1. The lowest BCUT2D eigenvalue weighted by Crippen LogP contribution is -2.54. The van der Waals surface area contributed by atoms with Crippen LogP contribution in [0.4, 0.5) is 5.69 Å². The molecule has 0 spiro atoms. The zero-order valence-electron chi connectivity index (χ0n) is 15.4. The van der Waals surface area contributed by atoms with E-state index in [1.54, 1.807) is 30.3 Å². The average Bonchev–Trinajstić information content (AvgIpc) is 2.63. The van der Waals surface area contributed by atoms with Crippen LogP contribution < -0.4 is 15.0 Å². The first kappa shape index (κ1) is 18.8. The first-order valence-corrected chi connectivity index (χ1v) is 9.03. The van der Waals surface area contributed by atoms with Crippen molar-refractivity contribution in [2.24, 2.45) is 0 Å². The molecule has 1 N–H and O–H groups in total. The lowest BCUT2D eigenvalue weighted by atomic mass is 10.0. The van der Waals surface area contributed by atoms with Gasteiger partial charge in [0, 0.05) is 0 Å². The van der Waals surface area contributed by atoms with E-state index in [-0.39, 0.29) is 10.7 Å². The Bertz CT molecular complexity index is 948. The lowest BCUT2D eigenvalue weighted by molar-refractivity contribution is -0.122. The summed E-state index contributed by atoms with van der Waals surface area (Å²) >= 11 is 5.26. The second-order valence-corrected chi connectivity index (χ2v) is 6.57. The molecule has 0 radical (unpaired) electrons. The molecule has 0 aromatic heterocycles. The van der Waals surface area contributed by atoms with Crippen molar-refractivity contribution in [1.29, 1.82) is 0 Å². The number of ether oxygens (including phenoxy) is 1. The van der Waals surface area contributed by atoms with Crippen LogP contribution in [0.25, 0.3) is 6.08 Å². The van der Waals surface area contributed by atoms with Gasteiger partial charge in [0.2, 0.25) is 0 Å². The van der Waals surface area contributed by atoms with E-state index in [9.17, 15) is 9.59 Å². The first-order chi connectivity index (χ1) is 12.9. The predicted molar refractivity (Wildman–Crippen MR) is 110 cm³/mol. The number of nitrogens with zero attached hydrogens (tertiary/aromatic N) is 1. The Labute approximate surface area is 163 Å². The molecule has 0 unspecified atom stereocenters. The fraction of sp³-hybridized carbons (Fsp3) is 0.190. The van der Waals surface area contributed by atoms with Crippen molar-refractivity contribution in [2.45, 2.75) is 20.8 Å². The van der Waals surface area contributed by atoms with E-state index < -0.39 is 11.8 Å². The summed E-state index contributed by atoms with van der Waals surface area (Å²) in [6.45, 7) is 6.37. The van der Waals surface area contributed by atoms with Crippen molar-refractivity contribution >= 4 is 40.9 Å². The molecule has 1 aliphatic heterocycles. The Hall–Kier alpha value is -2.99. The zero-order chi connectivity index (χ0) is 19.6. The highest BCUT2D eigenvalue weighted by molar-refractivity contribution is 7.80. The lowest BCUT2D eigenvalue weighted by Gasteiger charge is -2.30. The third-order valence-corrected chi connectivity index (χ3v) is 4.71. The van der Waals surface area contributed by atoms with Crippen molar-refractivity contribution < 1.29 is 14.3 Å². The molecule has 27 heavy (non-hydrogen) atoms. The SMILES string of the molecule is CCOc1ccc(C=C2C(=O)NC(=S)N(c3cccc(C)c3C)C2=O)cc1. The zero-order valence-corrected chi connectivity index (χ0v) is 16.2. The largest absolute Gasteiger partial charge is 0.494 e. The number of anilines is 1. The van der Waals surface area contributed by atoms with Crippen LogP contribution in [0, 0.1) is 13.8 Å². The highest BCUT2D eigenvalue weighted by Crippen LogP contribution is 2.27. The third kappa shape index (κ3) is 3.75. The Kier molecular flexibility index (Phi) is 5.37. The van der Waals surface area contributed by atoms with Gasteiger partial charge in [-0.25, -0.2) is 0 Å². The van der Waals surface area contributed by atoms with Gasteiger partial charge in [0.05, 0.1) is 12.3 Å². The molecule has 0 saturated carbocycles. The number of nitrogens with one attached hydrogen (secondary N) is 1. The van der Waals surface area contributed by atoms with E-state index in [4.69, 9.17) is 17.0 Å². The number of thiocarbonyl (C=S) groups is 1. The van der Waals surface area contributed by atoms with Crippen LogP contribution in [0.2, 0.25) is 0 Å². The molecule has 2 aromatic carbocycles. The molecular formula is C21H20N2O3S. The summed E-state index contributed by atoms with van der Waals surface area (Å²) in [5.74, 6) is -0.205. The molecule has 6 heteroatoms. The molecular weight excluding hydrogens is 360 g/mol. The standard InChI is InChI=1S/C21H20N2O3S/c1-4-26-16-10-8-15(9-11-16)12-17-19(24)22-21(27)23(20(17)25)18-7-5-6-13(2)14(18)3/h5-12H,4H2,1-3H3,(H,22,24,27). The van der Waals surface area contributed by atoms with Gasteiger partial charge in [-0.15, -0.1) is 0 Å². The summed E-state index contributed by atoms with van der Waals surface area (Å²) in [4.78, 5) is 26.8. The third-order valence-electron chi connectivity index (χ3n) is 4.42. The van der Waals surface area contributed by atoms with Gasteiger partial charge in [0.15, 0.2) is 5.11 Å². The molecule has 2 amide bonds. The molecule has 1 heterocycles. The fourth-order valence-electron chi connectivity index (χ4n) is 2.85. The maximum absolute atomic E-state index is 13.1. The number of carbonyl (C=O) groups is 2.